The number of furan rings is 1. The second-order valence-corrected chi connectivity index (χ2v) is 5.67. The van der Waals surface area contributed by atoms with Gasteiger partial charge < -0.3 is 9.15 Å². The van der Waals surface area contributed by atoms with E-state index in [1.54, 1.807) is 6.07 Å². The van der Waals surface area contributed by atoms with Crippen LogP contribution in [0.25, 0.3) is 0 Å². The average Bonchev–Trinajstić information content (AvgIpc) is 3.03. The summed E-state index contributed by atoms with van der Waals surface area (Å²) in [5.74, 6) is -1.11. The Balaban J connectivity index is 1.92. The molecule has 0 atom stereocenters. The normalized spacial score (nSPS) is 10.6. The molecule has 0 aliphatic heterocycles. The molecule has 0 N–H and O–H groups in total. The van der Waals surface area contributed by atoms with Crippen molar-refractivity contribution in [3.05, 3.63) is 24.2 Å². The number of hydrogen-bond donors (Lipinski definition) is 0. The maximum absolute atomic E-state index is 11.5. The van der Waals surface area contributed by atoms with Crippen molar-refractivity contribution in [3.63, 3.8) is 0 Å². The lowest BCUT2D eigenvalue weighted by Gasteiger charge is -2.03. The summed E-state index contributed by atoms with van der Waals surface area (Å²) < 4.78 is 9.58. The molecule has 1 aromatic rings. The highest BCUT2D eigenvalue weighted by atomic mass is 16.6. The van der Waals surface area contributed by atoms with Crippen molar-refractivity contribution < 1.29 is 18.7 Å². The third kappa shape index (κ3) is 8.65. The predicted molar refractivity (Wildman–Crippen MR) is 85.6 cm³/mol. The van der Waals surface area contributed by atoms with Crippen LogP contribution >= 0.6 is 0 Å². The molecule has 0 unspecified atom stereocenters. The Bertz CT molecular complexity index is 409. The van der Waals surface area contributed by atoms with E-state index in [2.05, 4.69) is 6.92 Å². The molecule has 0 amide bonds. The molecule has 0 fully saturated rings. The first-order chi connectivity index (χ1) is 10.7. The number of esters is 2. The number of carbonyl (C=O) groups is 2. The fourth-order valence-corrected chi connectivity index (χ4v) is 2.36. The standard InChI is InChI=1S/C18H28O4/c1-2-3-4-5-6-7-8-9-10-11-14-17(19)22-18(20)16-13-12-15-21-16/h12-13,15H,2-11,14H2,1H3. The highest BCUT2D eigenvalue weighted by molar-refractivity contribution is 5.94. The Morgan fingerprint density at radius 1 is 0.955 bits per heavy atom. The van der Waals surface area contributed by atoms with Crippen LogP contribution in [0.2, 0.25) is 0 Å². The van der Waals surface area contributed by atoms with Crippen LogP contribution in [0.4, 0.5) is 0 Å². The van der Waals surface area contributed by atoms with Gasteiger partial charge in [-0.15, -0.1) is 0 Å². The van der Waals surface area contributed by atoms with Crippen molar-refractivity contribution in [2.24, 2.45) is 0 Å². The molecule has 0 saturated carbocycles. The van der Waals surface area contributed by atoms with Crippen LogP contribution in [0.15, 0.2) is 22.8 Å². The lowest BCUT2D eigenvalue weighted by Crippen LogP contribution is -2.11. The summed E-state index contributed by atoms with van der Waals surface area (Å²) in [5.41, 5.74) is 0. The maximum Gasteiger partial charge on any atom is 0.381 e. The van der Waals surface area contributed by atoms with E-state index in [9.17, 15) is 9.59 Å². The van der Waals surface area contributed by atoms with E-state index < -0.39 is 11.9 Å². The molecule has 0 spiro atoms. The molecule has 1 aromatic heterocycles. The van der Waals surface area contributed by atoms with Gasteiger partial charge in [0.05, 0.1) is 6.26 Å². The molecule has 0 saturated heterocycles. The number of rotatable bonds is 12. The minimum absolute atomic E-state index is 0.0661. The third-order valence-corrected chi connectivity index (χ3v) is 3.66. The summed E-state index contributed by atoms with van der Waals surface area (Å²) in [6.45, 7) is 2.23. The number of ether oxygens (including phenoxy) is 1. The summed E-state index contributed by atoms with van der Waals surface area (Å²) in [5, 5.41) is 0. The van der Waals surface area contributed by atoms with E-state index in [-0.39, 0.29) is 5.76 Å². The van der Waals surface area contributed by atoms with Gasteiger partial charge in [-0.05, 0) is 18.6 Å². The average molecular weight is 308 g/mol. The fourth-order valence-electron chi connectivity index (χ4n) is 2.36. The van der Waals surface area contributed by atoms with Crippen LogP contribution < -0.4 is 0 Å². The highest BCUT2D eigenvalue weighted by Gasteiger charge is 2.14. The molecular weight excluding hydrogens is 280 g/mol. The molecule has 1 heterocycles. The summed E-state index contributed by atoms with van der Waals surface area (Å²) in [6.07, 6.45) is 13.8. The third-order valence-electron chi connectivity index (χ3n) is 3.66. The van der Waals surface area contributed by atoms with Crippen LogP contribution in [0.3, 0.4) is 0 Å². The number of hydrogen-bond acceptors (Lipinski definition) is 4. The zero-order valence-corrected chi connectivity index (χ0v) is 13.6. The van der Waals surface area contributed by atoms with Crippen molar-refractivity contribution in [2.75, 3.05) is 0 Å². The topological polar surface area (TPSA) is 56.5 Å². The van der Waals surface area contributed by atoms with Gasteiger partial charge in [0.2, 0.25) is 5.76 Å². The van der Waals surface area contributed by atoms with E-state index in [1.165, 1.54) is 57.3 Å². The lowest BCUT2D eigenvalue weighted by atomic mass is 10.1. The number of unbranched alkanes of at least 4 members (excludes halogenated alkanes) is 9. The quantitative estimate of drug-likeness (QED) is 0.300. The summed E-state index contributed by atoms with van der Waals surface area (Å²) in [6, 6.07) is 3.07. The van der Waals surface area contributed by atoms with Gasteiger partial charge in [0.1, 0.15) is 0 Å². The first kappa shape index (κ1) is 18.5. The summed E-state index contributed by atoms with van der Waals surface area (Å²) in [7, 11) is 0. The van der Waals surface area contributed by atoms with Crippen molar-refractivity contribution in [3.8, 4) is 0 Å². The molecule has 1 rings (SSSR count). The molecule has 0 aromatic carbocycles. The predicted octanol–water partition coefficient (Wildman–Crippen LogP) is 5.27. The van der Waals surface area contributed by atoms with Gasteiger partial charge in [-0.25, -0.2) is 4.79 Å². The largest absolute Gasteiger partial charge is 0.457 e. The van der Waals surface area contributed by atoms with Crippen molar-refractivity contribution in [1.29, 1.82) is 0 Å². The minimum Gasteiger partial charge on any atom is -0.457 e. The van der Waals surface area contributed by atoms with Crippen LogP contribution in [0.1, 0.15) is 88.1 Å². The van der Waals surface area contributed by atoms with Crippen molar-refractivity contribution in [2.45, 2.75) is 77.6 Å². The zero-order chi connectivity index (χ0) is 16.0. The highest BCUT2D eigenvalue weighted by Crippen LogP contribution is 2.12. The van der Waals surface area contributed by atoms with Gasteiger partial charge in [0, 0.05) is 6.42 Å². The Labute approximate surface area is 133 Å². The molecule has 4 nitrogen and oxygen atoms in total. The number of carbonyl (C=O) groups excluding carboxylic acids is 2. The SMILES string of the molecule is CCCCCCCCCCCCC(=O)OC(=O)c1ccco1. The smallest absolute Gasteiger partial charge is 0.381 e. The Morgan fingerprint density at radius 2 is 1.55 bits per heavy atom. The molecular formula is C18H28O4. The van der Waals surface area contributed by atoms with E-state index in [4.69, 9.17) is 9.15 Å². The van der Waals surface area contributed by atoms with E-state index in [0.717, 1.165) is 19.3 Å². The molecule has 0 aliphatic carbocycles. The van der Waals surface area contributed by atoms with Crippen LogP contribution in [0.5, 0.6) is 0 Å². The van der Waals surface area contributed by atoms with Gasteiger partial charge in [0.25, 0.3) is 0 Å². The first-order valence-electron chi connectivity index (χ1n) is 8.52. The van der Waals surface area contributed by atoms with Gasteiger partial charge in [-0.1, -0.05) is 64.7 Å². The molecule has 0 radical (unpaired) electrons. The van der Waals surface area contributed by atoms with E-state index >= 15 is 0 Å². The second kappa shape index (κ2) is 12.0. The monoisotopic (exact) mass is 308 g/mol. The van der Waals surface area contributed by atoms with Gasteiger partial charge in [0.15, 0.2) is 0 Å². The van der Waals surface area contributed by atoms with Crippen LogP contribution in [-0.4, -0.2) is 11.9 Å². The van der Waals surface area contributed by atoms with E-state index in [0.29, 0.717) is 6.42 Å². The van der Waals surface area contributed by atoms with Gasteiger partial charge in [-0.2, -0.15) is 0 Å². The molecule has 4 heteroatoms. The van der Waals surface area contributed by atoms with Crippen LogP contribution in [-0.2, 0) is 9.53 Å². The van der Waals surface area contributed by atoms with Crippen molar-refractivity contribution >= 4 is 11.9 Å². The van der Waals surface area contributed by atoms with Gasteiger partial charge in [-0.3, -0.25) is 4.79 Å². The minimum atomic E-state index is -0.706. The molecule has 22 heavy (non-hydrogen) atoms. The first-order valence-corrected chi connectivity index (χ1v) is 8.52. The molecule has 124 valence electrons. The maximum atomic E-state index is 11.5. The molecule has 0 bridgehead atoms. The Hall–Kier alpha value is -1.58. The zero-order valence-electron chi connectivity index (χ0n) is 13.6. The lowest BCUT2D eigenvalue weighted by molar-refractivity contribution is -0.138. The fraction of sp³-hybridized carbons (Fsp3) is 0.667. The Kier molecular flexibility index (Phi) is 10.1. The van der Waals surface area contributed by atoms with Gasteiger partial charge >= 0.3 is 11.9 Å². The van der Waals surface area contributed by atoms with E-state index in [1.807, 2.05) is 0 Å². The van der Waals surface area contributed by atoms with Crippen LogP contribution in [0, 0.1) is 0 Å². The molecule has 0 aliphatic rings. The Morgan fingerprint density at radius 3 is 2.09 bits per heavy atom. The summed E-state index contributed by atoms with van der Waals surface area (Å²) >= 11 is 0. The van der Waals surface area contributed by atoms with Crippen molar-refractivity contribution in [1.82, 2.24) is 0 Å². The second-order valence-electron chi connectivity index (χ2n) is 5.67. The summed E-state index contributed by atoms with van der Waals surface area (Å²) in [4.78, 5) is 23.0.